The van der Waals surface area contributed by atoms with Gasteiger partial charge in [-0.3, -0.25) is 19.1 Å². The average molecular weight is 1190 g/mol. The van der Waals surface area contributed by atoms with Gasteiger partial charge < -0.3 is 0 Å². The van der Waals surface area contributed by atoms with Gasteiger partial charge in [0.15, 0.2) is 0 Å². The summed E-state index contributed by atoms with van der Waals surface area (Å²) in [5.74, 6) is 0. The van der Waals surface area contributed by atoms with Gasteiger partial charge in [-0.05, 0) is 127 Å². The highest BCUT2D eigenvalue weighted by Crippen LogP contribution is 2.65. The molecule has 8 bridgehead atoms. The minimum atomic E-state index is -2.77. The highest BCUT2D eigenvalue weighted by atomic mass is 79.9. The predicted octanol–water partition coefficient (Wildman–Crippen LogP) is 16.7. The third-order valence-electron chi connectivity index (χ3n) is 14.1. The van der Waals surface area contributed by atoms with Crippen LogP contribution >= 0.6 is 69.0 Å². The Labute approximate surface area is 450 Å². The number of hydrogen-bond donors (Lipinski definition) is 0. The zero-order valence-electron chi connectivity index (χ0n) is 40.0. The van der Waals surface area contributed by atoms with Crippen molar-refractivity contribution in [2.24, 2.45) is 19.6 Å². The Bertz CT molecular complexity index is 3050. The van der Waals surface area contributed by atoms with Crippen molar-refractivity contribution in [3.05, 3.63) is 267 Å². The predicted molar refractivity (Wildman–Crippen MR) is 322 cm³/mol. The van der Waals surface area contributed by atoms with Gasteiger partial charge in [-0.25, -0.2) is 0 Å². The quantitative estimate of drug-likeness (QED) is 0.153. The van der Waals surface area contributed by atoms with Crippen molar-refractivity contribution < 1.29 is 0 Å². The normalized spacial score (nSPS) is 19.1. The van der Waals surface area contributed by atoms with Gasteiger partial charge in [0.25, 0.3) is 0 Å². The molecule has 3 heterocycles. The second-order valence-corrected chi connectivity index (χ2v) is 31.2. The number of benzene rings is 9. The maximum Gasteiger partial charge on any atom is 0.0625 e. The summed E-state index contributed by atoms with van der Waals surface area (Å²) in [4.78, 5) is 2.55. The van der Waals surface area contributed by atoms with E-state index in [4.69, 9.17) is 14.2 Å². The molecule has 0 fully saturated rings. The van der Waals surface area contributed by atoms with Crippen LogP contribution < -0.4 is 31.8 Å². The molecule has 3 aliphatic rings. The number of rotatable bonds is 6. The van der Waals surface area contributed by atoms with E-state index in [0.717, 1.165) is 49.0 Å². The van der Waals surface area contributed by atoms with Crippen LogP contribution in [0.4, 0.5) is 17.1 Å². The third-order valence-corrected chi connectivity index (χ3v) is 28.7. The van der Waals surface area contributed by atoms with E-state index >= 15 is 0 Å². The summed E-state index contributed by atoms with van der Waals surface area (Å²) in [6.45, 7) is 4.59. The van der Waals surface area contributed by atoms with Gasteiger partial charge in [-0.2, -0.15) is 0 Å². The van der Waals surface area contributed by atoms with E-state index in [1.807, 2.05) is 0 Å². The molecule has 0 aromatic heterocycles. The Balaban J connectivity index is 1.36. The van der Waals surface area contributed by atoms with E-state index in [0.29, 0.717) is 19.6 Å². The fraction of sp³-hybridized carbons (Fsp3) is 0.129. The maximum atomic E-state index is 6.34. The second-order valence-electron chi connectivity index (χ2n) is 19.4. The van der Waals surface area contributed by atoms with Gasteiger partial charge in [-0.15, -0.1) is 0 Å². The lowest BCUT2D eigenvalue weighted by Gasteiger charge is -2.44. The maximum absolute atomic E-state index is 6.34. The molecule has 0 unspecified atom stereocenters. The lowest BCUT2D eigenvalue weighted by Crippen LogP contribution is -2.40. The SMILES string of the molecule is CC12CP(c3ccccc3)(c3ccccc3)=Nc3ccc(Br)c(c3)CN(Cc3cc(ccc3Br)N=P(c3ccccc3)(c3ccccc3)C1)Cc1cc(ccc1Br)N=P(c1ccccc1)(c1ccccc1)C2. The van der Waals surface area contributed by atoms with E-state index in [1.54, 1.807) is 0 Å². The lowest BCUT2D eigenvalue weighted by atomic mass is 9.99. The molecule has 0 spiro atoms. The zero-order chi connectivity index (χ0) is 49.2. The Morgan fingerprint density at radius 3 is 0.778 bits per heavy atom. The first-order chi connectivity index (χ1) is 35.1. The van der Waals surface area contributed by atoms with E-state index in [2.05, 4.69) is 296 Å². The van der Waals surface area contributed by atoms with Crippen LogP contribution in [0.15, 0.2) is 264 Å². The summed E-state index contributed by atoms with van der Waals surface area (Å²) >= 11 is 12.2. The molecule has 3 aliphatic heterocycles. The molecule has 0 amide bonds. The minimum Gasteiger partial charge on any atom is -0.290 e. The largest absolute Gasteiger partial charge is 0.290 e. The van der Waals surface area contributed by atoms with Crippen molar-refractivity contribution in [3.63, 3.8) is 0 Å². The van der Waals surface area contributed by atoms with Crippen LogP contribution in [0, 0.1) is 5.41 Å². The number of halogens is 3. The standard InChI is InChI=1S/C62H54Br3N4P3/c1-62-44-70(53-20-8-2-9-21-53,54-22-10-3-11-23-54)66-50-32-35-59(63)47(38-50)41-69(42-48-39-51(33-36-60(48)64)67-71(45-62,55-24-12-4-13-25-55)56-26-14-5-15-27-56)43-49-40-52(34-37-61(49)65)68-72(46-62,57-28-16-6-17-29-57)58-30-18-7-19-31-58/h2-40H,41-46H2,1H3. The molecule has 0 saturated carbocycles. The van der Waals surface area contributed by atoms with E-state index in [9.17, 15) is 0 Å². The van der Waals surface area contributed by atoms with Crippen molar-refractivity contribution in [1.29, 1.82) is 0 Å². The number of hydrogen-bond acceptors (Lipinski definition) is 4. The monoisotopic (exact) mass is 1180 g/mol. The summed E-state index contributed by atoms with van der Waals surface area (Å²) in [6, 6.07) is 87.9. The van der Waals surface area contributed by atoms with Crippen molar-refractivity contribution in [2.75, 3.05) is 18.5 Å². The highest BCUT2D eigenvalue weighted by molar-refractivity contribution is 9.11. The van der Waals surface area contributed by atoms with Gasteiger partial charge in [0.05, 0.1) is 17.1 Å². The molecule has 0 saturated heterocycles. The molecule has 0 radical (unpaired) electrons. The van der Waals surface area contributed by atoms with Gasteiger partial charge >= 0.3 is 0 Å². The smallest absolute Gasteiger partial charge is 0.0625 e. The Hall–Kier alpha value is -4.93. The molecule has 358 valence electrons. The fourth-order valence-electron chi connectivity index (χ4n) is 11.0. The first-order valence-corrected chi connectivity index (χ1v) is 32.5. The van der Waals surface area contributed by atoms with E-state index in [-0.39, 0.29) is 0 Å². The van der Waals surface area contributed by atoms with Crippen LogP contribution in [0.2, 0.25) is 0 Å². The Kier molecular flexibility index (Phi) is 14.5. The second kappa shape index (κ2) is 21.1. The molecule has 12 rings (SSSR count). The molecule has 0 aliphatic carbocycles. The van der Waals surface area contributed by atoms with Crippen LogP contribution in [0.3, 0.4) is 0 Å². The topological polar surface area (TPSA) is 40.3 Å². The third kappa shape index (κ3) is 10.0. The summed E-state index contributed by atoms with van der Waals surface area (Å²) in [5.41, 5.74) is 5.99. The van der Waals surface area contributed by atoms with Crippen molar-refractivity contribution in [2.45, 2.75) is 26.6 Å². The minimum absolute atomic E-state index is 0.506. The molecule has 0 atom stereocenters. The average Bonchev–Trinajstić information content (AvgIpc) is 3.42. The van der Waals surface area contributed by atoms with Gasteiger partial charge in [0, 0.05) is 54.2 Å². The number of nitrogens with zero attached hydrogens (tertiary/aromatic N) is 4. The highest BCUT2D eigenvalue weighted by Gasteiger charge is 2.45. The van der Waals surface area contributed by atoms with Crippen molar-refractivity contribution >= 4 is 118 Å². The fourth-order valence-corrected chi connectivity index (χ4v) is 25.1. The first-order valence-electron chi connectivity index (χ1n) is 24.4. The van der Waals surface area contributed by atoms with Crippen LogP contribution in [0.1, 0.15) is 23.6 Å². The van der Waals surface area contributed by atoms with E-state index in [1.165, 1.54) is 48.5 Å². The Morgan fingerprint density at radius 2 is 0.556 bits per heavy atom. The molecule has 72 heavy (non-hydrogen) atoms. The summed E-state index contributed by atoms with van der Waals surface area (Å²) in [7, 11) is -8.31. The van der Waals surface area contributed by atoms with E-state index < -0.39 is 26.6 Å². The molecule has 4 nitrogen and oxygen atoms in total. The molecular weight excluding hydrogens is 1130 g/mol. The van der Waals surface area contributed by atoms with Crippen LogP contribution in [0.25, 0.3) is 0 Å². The molecule has 9 aromatic rings. The molecule has 10 heteroatoms. The van der Waals surface area contributed by atoms with Crippen LogP contribution in [0.5, 0.6) is 0 Å². The van der Waals surface area contributed by atoms with Crippen LogP contribution in [-0.2, 0) is 19.6 Å². The Morgan fingerprint density at radius 1 is 0.333 bits per heavy atom. The molecular formula is C62H54Br3N4P3. The van der Waals surface area contributed by atoms with Gasteiger partial charge in [-0.1, -0.05) is 237 Å². The summed E-state index contributed by atoms with van der Waals surface area (Å²) in [6.07, 6.45) is 2.28. The van der Waals surface area contributed by atoms with Crippen molar-refractivity contribution in [1.82, 2.24) is 4.90 Å². The van der Waals surface area contributed by atoms with Gasteiger partial charge in [0.2, 0.25) is 0 Å². The molecule has 9 aromatic carbocycles. The zero-order valence-corrected chi connectivity index (χ0v) is 47.5. The summed E-state index contributed by atoms with van der Waals surface area (Å²) in [5, 5.41) is 7.54. The molecule has 0 N–H and O–H groups in total. The van der Waals surface area contributed by atoms with Crippen molar-refractivity contribution in [3.8, 4) is 0 Å². The van der Waals surface area contributed by atoms with Gasteiger partial charge in [0.1, 0.15) is 0 Å². The number of fused-ring (bicyclic) bond motifs is 3. The first kappa shape index (κ1) is 49.3. The lowest BCUT2D eigenvalue weighted by molar-refractivity contribution is 0.246. The van der Waals surface area contributed by atoms with Crippen LogP contribution in [-0.4, -0.2) is 23.4 Å². The summed E-state index contributed by atoms with van der Waals surface area (Å²) < 4.78 is 22.2.